The minimum absolute atomic E-state index is 0.0269. The third-order valence-corrected chi connectivity index (χ3v) is 4.20. The fourth-order valence-corrected chi connectivity index (χ4v) is 3.05. The van der Waals surface area contributed by atoms with Crippen LogP contribution >= 0.6 is 11.8 Å². The predicted molar refractivity (Wildman–Crippen MR) is 75.9 cm³/mol. The molecule has 1 amide bonds. The maximum atomic E-state index is 12.2. The first kappa shape index (κ1) is 13.4. The minimum atomic E-state index is 0.0269. The zero-order valence-corrected chi connectivity index (χ0v) is 11.5. The Balaban J connectivity index is 2.03. The Morgan fingerprint density at radius 1 is 1.39 bits per heavy atom. The van der Waals surface area contributed by atoms with Crippen molar-refractivity contribution in [3.8, 4) is 0 Å². The Bertz CT molecular complexity index is 422. The molecule has 2 rings (SSSR count). The van der Waals surface area contributed by atoms with Gasteiger partial charge in [-0.05, 0) is 44.1 Å². The molecule has 4 heteroatoms. The molecule has 1 aromatic carbocycles. The summed E-state index contributed by atoms with van der Waals surface area (Å²) in [7, 11) is 0. The number of rotatable bonds is 3. The van der Waals surface area contributed by atoms with Crippen molar-refractivity contribution < 1.29 is 4.79 Å². The highest BCUT2D eigenvalue weighted by Gasteiger charge is 2.21. The predicted octanol–water partition coefficient (Wildman–Crippen LogP) is 2.41. The fraction of sp³-hybridized carbons (Fsp3) is 0.500. The molecule has 2 atom stereocenters. The Kier molecular flexibility index (Phi) is 4.66. The van der Waals surface area contributed by atoms with Crippen LogP contribution in [0.3, 0.4) is 0 Å². The van der Waals surface area contributed by atoms with E-state index in [4.69, 9.17) is 5.73 Å². The van der Waals surface area contributed by atoms with E-state index in [1.807, 2.05) is 30.5 Å². The second kappa shape index (κ2) is 6.25. The molecule has 1 fully saturated rings. The summed E-state index contributed by atoms with van der Waals surface area (Å²) in [6, 6.07) is 8.19. The molecule has 0 radical (unpaired) electrons. The quantitative estimate of drug-likeness (QED) is 0.824. The topological polar surface area (TPSA) is 55.1 Å². The third kappa shape index (κ3) is 3.27. The number of carbonyl (C=O) groups excluding carboxylic acids is 1. The highest BCUT2D eigenvalue weighted by Crippen LogP contribution is 2.21. The maximum absolute atomic E-state index is 12.2. The van der Waals surface area contributed by atoms with Gasteiger partial charge in [-0.3, -0.25) is 4.79 Å². The molecule has 3 N–H and O–H groups in total. The van der Waals surface area contributed by atoms with Crippen LogP contribution in [0.1, 0.15) is 36.0 Å². The van der Waals surface area contributed by atoms with E-state index in [-0.39, 0.29) is 18.0 Å². The smallest absolute Gasteiger partial charge is 0.252 e. The van der Waals surface area contributed by atoms with Crippen molar-refractivity contribution in [2.75, 3.05) is 6.26 Å². The van der Waals surface area contributed by atoms with Gasteiger partial charge in [-0.2, -0.15) is 0 Å². The van der Waals surface area contributed by atoms with E-state index in [2.05, 4.69) is 5.32 Å². The number of hydrogen-bond donors (Lipinski definition) is 2. The van der Waals surface area contributed by atoms with Gasteiger partial charge >= 0.3 is 0 Å². The van der Waals surface area contributed by atoms with E-state index >= 15 is 0 Å². The zero-order chi connectivity index (χ0) is 13.0. The molecule has 0 saturated heterocycles. The van der Waals surface area contributed by atoms with E-state index in [0.717, 1.165) is 36.1 Å². The van der Waals surface area contributed by atoms with Crippen LogP contribution < -0.4 is 11.1 Å². The van der Waals surface area contributed by atoms with E-state index in [9.17, 15) is 4.79 Å². The van der Waals surface area contributed by atoms with Gasteiger partial charge in [0.2, 0.25) is 0 Å². The van der Waals surface area contributed by atoms with Crippen LogP contribution in [0.15, 0.2) is 29.2 Å². The summed E-state index contributed by atoms with van der Waals surface area (Å²) < 4.78 is 0. The summed E-state index contributed by atoms with van der Waals surface area (Å²) >= 11 is 1.60. The lowest BCUT2D eigenvalue weighted by Crippen LogP contribution is -2.42. The number of carbonyl (C=O) groups is 1. The molecule has 0 bridgehead atoms. The Hall–Kier alpha value is -1.00. The van der Waals surface area contributed by atoms with Crippen molar-refractivity contribution in [2.45, 2.75) is 42.7 Å². The molecule has 0 spiro atoms. The largest absolute Gasteiger partial charge is 0.349 e. The second-order valence-electron chi connectivity index (χ2n) is 4.80. The van der Waals surface area contributed by atoms with E-state index < -0.39 is 0 Å². The first-order valence-electron chi connectivity index (χ1n) is 6.40. The van der Waals surface area contributed by atoms with Gasteiger partial charge < -0.3 is 11.1 Å². The molecule has 1 aromatic rings. The summed E-state index contributed by atoms with van der Waals surface area (Å²) in [4.78, 5) is 13.3. The van der Waals surface area contributed by atoms with Crippen molar-refractivity contribution in [2.24, 2.45) is 5.73 Å². The highest BCUT2D eigenvalue weighted by atomic mass is 32.2. The SMILES string of the molecule is CSc1ccccc1C(=O)NC1CCCC(N)C1. The van der Waals surface area contributed by atoms with Crippen LogP contribution in [0.2, 0.25) is 0 Å². The lowest BCUT2D eigenvalue weighted by Gasteiger charge is -2.27. The number of nitrogens with two attached hydrogens (primary N) is 1. The lowest BCUT2D eigenvalue weighted by atomic mass is 9.91. The zero-order valence-electron chi connectivity index (χ0n) is 10.7. The van der Waals surface area contributed by atoms with Crippen molar-refractivity contribution in [3.05, 3.63) is 29.8 Å². The van der Waals surface area contributed by atoms with E-state index in [0.29, 0.717) is 0 Å². The fourth-order valence-electron chi connectivity index (χ4n) is 2.45. The van der Waals surface area contributed by atoms with Crippen LogP contribution in [0.5, 0.6) is 0 Å². The summed E-state index contributed by atoms with van der Waals surface area (Å²) in [6.45, 7) is 0. The molecule has 0 heterocycles. The van der Waals surface area contributed by atoms with Crippen molar-refractivity contribution in [3.63, 3.8) is 0 Å². The molecule has 18 heavy (non-hydrogen) atoms. The number of nitrogens with one attached hydrogen (secondary N) is 1. The third-order valence-electron chi connectivity index (χ3n) is 3.40. The highest BCUT2D eigenvalue weighted by molar-refractivity contribution is 7.98. The molecule has 0 aliphatic heterocycles. The Morgan fingerprint density at radius 2 is 2.17 bits per heavy atom. The molecular weight excluding hydrogens is 244 g/mol. The van der Waals surface area contributed by atoms with Gasteiger partial charge in [-0.25, -0.2) is 0 Å². The molecule has 98 valence electrons. The number of amides is 1. The summed E-state index contributed by atoms with van der Waals surface area (Å²) in [5, 5.41) is 3.11. The molecule has 1 saturated carbocycles. The monoisotopic (exact) mass is 264 g/mol. The standard InChI is InChI=1S/C14H20N2OS/c1-18-13-8-3-2-7-12(13)14(17)16-11-6-4-5-10(15)9-11/h2-3,7-8,10-11H,4-6,9,15H2,1H3,(H,16,17). The summed E-state index contributed by atoms with van der Waals surface area (Å²) in [6.07, 6.45) is 6.11. The van der Waals surface area contributed by atoms with E-state index in [1.165, 1.54) is 0 Å². The van der Waals surface area contributed by atoms with Gasteiger partial charge in [-0.15, -0.1) is 11.8 Å². The van der Waals surface area contributed by atoms with Gasteiger partial charge in [0, 0.05) is 17.0 Å². The maximum Gasteiger partial charge on any atom is 0.252 e. The molecular formula is C14H20N2OS. The van der Waals surface area contributed by atoms with Crippen molar-refractivity contribution in [1.29, 1.82) is 0 Å². The number of thioether (sulfide) groups is 1. The van der Waals surface area contributed by atoms with Gasteiger partial charge in [0.15, 0.2) is 0 Å². The minimum Gasteiger partial charge on any atom is -0.349 e. The molecule has 1 aliphatic rings. The van der Waals surface area contributed by atoms with Crippen LogP contribution in [0.25, 0.3) is 0 Å². The molecule has 1 aliphatic carbocycles. The average Bonchev–Trinajstić information content (AvgIpc) is 2.38. The molecule has 3 nitrogen and oxygen atoms in total. The summed E-state index contributed by atoms with van der Waals surface area (Å²) in [5.74, 6) is 0.0269. The number of benzene rings is 1. The Labute approximate surface area is 113 Å². The Morgan fingerprint density at radius 3 is 2.89 bits per heavy atom. The van der Waals surface area contributed by atoms with Gasteiger partial charge in [0.25, 0.3) is 5.91 Å². The van der Waals surface area contributed by atoms with Crippen LogP contribution in [-0.4, -0.2) is 24.2 Å². The first-order chi connectivity index (χ1) is 8.70. The average molecular weight is 264 g/mol. The lowest BCUT2D eigenvalue weighted by molar-refractivity contribution is 0.0922. The molecule has 0 aromatic heterocycles. The van der Waals surface area contributed by atoms with Gasteiger partial charge in [0.1, 0.15) is 0 Å². The van der Waals surface area contributed by atoms with Gasteiger partial charge in [0.05, 0.1) is 5.56 Å². The molecule has 2 unspecified atom stereocenters. The summed E-state index contributed by atoms with van der Waals surface area (Å²) in [5.41, 5.74) is 6.71. The van der Waals surface area contributed by atoms with Gasteiger partial charge in [-0.1, -0.05) is 12.1 Å². The van der Waals surface area contributed by atoms with Crippen LogP contribution in [-0.2, 0) is 0 Å². The van der Waals surface area contributed by atoms with Crippen LogP contribution in [0, 0.1) is 0 Å². The second-order valence-corrected chi connectivity index (χ2v) is 5.65. The van der Waals surface area contributed by atoms with Crippen molar-refractivity contribution >= 4 is 17.7 Å². The van der Waals surface area contributed by atoms with Crippen molar-refractivity contribution in [1.82, 2.24) is 5.32 Å². The van der Waals surface area contributed by atoms with Crippen LogP contribution in [0.4, 0.5) is 0 Å². The first-order valence-corrected chi connectivity index (χ1v) is 7.62. The number of hydrogen-bond acceptors (Lipinski definition) is 3. The normalized spacial score (nSPS) is 23.7. The van der Waals surface area contributed by atoms with E-state index in [1.54, 1.807) is 11.8 Å².